The van der Waals surface area contributed by atoms with Gasteiger partial charge in [-0.3, -0.25) is 4.79 Å². The maximum atomic E-state index is 11.7. The van der Waals surface area contributed by atoms with E-state index in [0.29, 0.717) is 32.3 Å². The Morgan fingerprint density at radius 3 is 2.42 bits per heavy atom. The maximum absolute atomic E-state index is 11.7. The van der Waals surface area contributed by atoms with Gasteiger partial charge in [0.1, 0.15) is 0 Å². The fourth-order valence-corrected chi connectivity index (χ4v) is 2.22. The minimum atomic E-state index is -0.248. The zero-order chi connectivity index (χ0) is 13.7. The molecule has 2 amide bonds. The predicted octanol–water partition coefficient (Wildman–Crippen LogP) is 0.476. The van der Waals surface area contributed by atoms with Crippen molar-refractivity contribution in [1.29, 1.82) is 0 Å². The number of amides is 2. The van der Waals surface area contributed by atoms with Gasteiger partial charge in [-0.2, -0.15) is 0 Å². The lowest BCUT2D eigenvalue weighted by Gasteiger charge is -2.31. The molecule has 0 radical (unpaired) electrons. The Labute approximate surface area is 113 Å². The molecule has 1 aliphatic heterocycles. The summed E-state index contributed by atoms with van der Waals surface area (Å²) in [5.41, 5.74) is 0. The normalized spacial score (nSPS) is 20.2. The highest BCUT2D eigenvalue weighted by Crippen LogP contribution is 2.18. The molecule has 0 aromatic rings. The van der Waals surface area contributed by atoms with Crippen molar-refractivity contribution >= 4 is 12.0 Å². The molecule has 0 aromatic carbocycles. The van der Waals surface area contributed by atoms with Crippen LogP contribution in [0.4, 0.5) is 4.79 Å². The van der Waals surface area contributed by atoms with Gasteiger partial charge in [0.25, 0.3) is 0 Å². The number of nitrogens with one attached hydrogen (secondary N) is 2. The Morgan fingerprint density at radius 2 is 1.84 bits per heavy atom. The summed E-state index contributed by atoms with van der Waals surface area (Å²) < 4.78 is 4.96. The summed E-state index contributed by atoms with van der Waals surface area (Å²) in [4.78, 5) is 24.9. The van der Waals surface area contributed by atoms with E-state index in [9.17, 15) is 9.59 Å². The van der Waals surface area contributed by atoms with E-state index in [4.69, 9.17) is 4.74 Å². The second-order valence-electron chi connectivity index (χ2n) is 5.18. The molecule has 2 fully saturated rings. The van der Waals surface area contributed by atoms with Gasteiger partial charge in [0.2, 0.25) is 5.91 Å². The van der Waals surface area contributed by atoms with Gasteiger partial charge in [-0.1, -0.05) is 0 Å². The summed E-state index contributed by atoms with van der Waals surface area (Å²) in [7, 11) is 0. The van der Waals surface area contributed by atoms with E-state index in [1.807, 2.05) is 0 Å². The third-order valence-electron chi connectivity index (χ3n) is 3.51. The smallest absolute Gasteiger partial charge is 0.409 e. The van der Waals surface area contributed by atoms with Gasteiger partial charge in [0.15, 0.2) is 0 Å². The van der Waals surface area contributed by atoms with E-state index < -0.39 is 0 Å². The minimum Gasteiger partial charge on any atom is -0.450 e. The number of carbonyl (C=O) groups is 2. The summed E-state index contributed by atoms with van der Waals surface area (Å²) in [6.07, 6.45) is 3.72. The monoisotopic (exact) mass is 269 g/mol. The molecule has 1 aliphatic carbocycles. The number of ether oxygens (including phenoxy) is 1. The van der Waals surface area contributed by atoms with Crippen molar-refractivity contribution in [2.45, 2.75) is 44.7 Å². The van der Waals surface area contributed by atoms with Crippen molar-refractivity contribution in [1.82, 2.24) is 15.5 Å². The van der Waals surface area contributed by atoms with Crippen molar-refractivity contribution in [3.8, 4) is 0 Å². The molecule has 1 saturated carbocycles. The van der Waals surface area contributed by atoms with Gasteiger partial charge in [-0.25, -0.2) is 4.79 Å². The lowest BCUT2D eigenvalue weighted by molar-refractivity contribution is -0.121. The third kappa shape index (κ3) is 4.70. The second-order valence-corrected chi connectivity index (χ2v) is 5.18. The fourth-order valence-electron chi connectivity index (χ4n) is 2.22. The Balaban J connectivity index is 1.62. The number of piperidine rings is 1. The topological polar surface area (TPSA) is 70.7 Å². The van der Waals surface area contributed by atoms with Gasteiger partial charge >= 0.3 is 6.09 Å². The molecule has 19 heavy (non-hydrogen) atoms. The van der Waals surface area contributed by atoms with Crippen LogP contribution in [-0.4, -0.2) is 55.2 Å². The van der Waals surface area contributed by atoms with Crippen LogP contribution in [0, 0.1) is 0 Å². The summed E-state index contributed by atoms with van der Waals surface area (Å²) >= 11 is 0. The molecule has 2 rings (SSSR count). The second kappa shape index (κ2) is 6.75. The van der Waals surface area contributed by atoms with Crippen molar-refractivity contribution in [2.75, 3.05) is 26.2 Å². The van der Waals surface area contributed by atoms with Crippen LogP contribution in [0.2, 0.25) is 0 Å². The van der Waals surface area contributed by atoms with Gasteiger partial charge < -0.3 is 20.3 Å². The molecule has 0 bridgehead atoms. The molecule has 0 aromatic heterocycles. The van der Waals surface area contributed by atoms with Crippen LogP contribution >= 0.6 is 0 Å². The number of hydrogen-bond acceptors (Lipinski definition) is 4. The zero-order valence-corrected chi connectivity index (χ0v) is 11.5. The molecular weight excluding hydrogens is 246 g/mol. The molecule has 1 heterocycles. The molecule has 2 N–H and O–H groups in total. The first kappa shape index (κ1) is 14.1. The van der Waals surface area contributed by atoms with Gasteiger partial charge in [0.05, 0.1) is 13.2 Å². The first-order valence-electron chi connectivity index (χ1n) is 7.13. The Bertz CT molecular complexity index is 323. The van der Waals surface area contributed by atoms with E-state index in [2.05, 4.69) is 10.6 Å². The first-order chi connectivity index (χ1) is 9.19. The molecule has 0 spiro atoms. The average molecular weight is 269 g/mol. The molecular formula is C13H23N3O3. The van der Waals surface area contributed by atoms with Crippen LogP contribution in [-0.2, 0) is 9.53 Å². The highest BCUT2D eigenvalue weighted by molar-refractivity contribution is 5.78. The van der Waals surface area contributed by atoms with Crippen LogP contribution in [0.1, 0.15) is 32.6 Å². The van der Waals surface area contributed by atoms with Crippen LogP contribution in [0.3, 0.4) is 0 Å². The fraction of sp³-hybridized carbons (Fsp3) is 0.846. The highest BCUT2D eigenvalue weighted by atomic mass is 16.6. The predicted molar refractivity (Wildman–Crippen MR) is 70.8 cm³/mol. The summed E-state index contributed by atoms with van der Waals surface area (Å²) in [5, 5.41) is 6.21. The first-order valence-corrected chi connectivity index (χ1v) is 7.13. The van der Waals surface area contributed by atoms with E-state index in [1.165, 1.54) is 12.8 Å². The van der Waals surface area contributed by atoms with E-state index >= 15 is 0 Å². The molecule has 6 nitrogen and oxygen atoms in total. The molecule has 0 unspecified atom stereocenters. The number of likely N-dealkylation sites (tertiary alicyclic amines) is 1. The Morgan fingerprint density at radius 1 is 1.16 bits per heavy atom. The van der Waals surface area contributed by atoms with E-state index in [-0.39, 0.29) is 18.0 Å². The largest absolute Gasteiger partial charge is 0.450 e. The summed E-state index contributed by atoms with van der Waals surface area (Å²) in [6, 6.07) is 0.732. The molecule has 2 aliphatic rings. The van der Waals surface area contributed by atoms with Crippen molar-refractivity contribution in [3.05, 3.63) is 0 Å². The summed E-state index contributed by atoms with van der Waals surface area (Å²) in [6.45, 7) is 3.92. The minimum absolute atomic E-state index is 0.0569. The van der Waals surface area contributed by atoms with E-state index in [0.717, 1.165) is 12.8 Å². The number of hydrogen-bond donors (Lipinski definition) is 2. The third-order valence-corrected chi connectivity index (χ3v) is 3.51. The van der Waals surface area contributed by atoms with Crippen LogP contribution in [0.25, 0.3) is 0 Å². The SMILES string of the molecule is CCOC(=O)N1CCC(NC(=O)CNC2CC2)CC1. The quantitative estimate of drug-likeness (QED) is 0.761. The van der Waals surface area contributed by atoms with Crippen molar-refractivity contribution in [3.63, 3.8) is 0 Å². The molecule has 0 atom stereocenters. The number of rotatable bonds is 5. The molecule has 1 saturated heterocycles. The number of carbonyl (C=O) groups excluding carboxylic acids is 2. The van der Waals surface area contributed by atoms with Crippen molar-refractivity contribution in [2.24, 2.45) is 0 Å². The lowest BCUT2D eigenvalue weighted by atomic mass is 10.1. The van der Waals surface area contributed by atoms with Gasteiger partial charge in [-0.15, -0.1) is 0 Å². The lowest BCUT2D eigenvalue weighted by Crippen LogP contribution is -2.48. The van der Waals surface area contributed by atoms with Crippen LogP contribution < -0.4 is 10.6 Å². The maximum Gasteiger partial charge on any atom is 0.409 e. The molecule has 6 heteroatoms. The van der Waals surface area contributed by atoms with Crippen LogP contribution in [0.5, 0.6) is 0 Å². The standard InChI is InChI=1S/C13H23N3O3/c1-2-19-13(18)16-7-5-11(6-8-16)15-12(17)9-14-10-3-4-10/h10-11,14H,2-9H2,1H3,(H,15,17). The summed E-state index contributed by atoms with van der Waals surface area (Å²) in [5.74, 6) is 0.0569. The average Bonchev–Trinajstić information content (AvgIpc) is 3.21. The highest BCUT2D eigenvalue weighted by Gasteiger charge is 2.25. The van der Waals surface area contributed by atoms with Gasteiger partial charge in [-0.05, 0) is 32.6 Å². The zero-order valence-electron chi connectivity index (χ0n) is 11.5. The Kier molecular flexibility index (Phi) is 5.01. The van der Waals surface area contributed by atoms with Gasteiger partial charge in [0, 0.05) is 25.2 Å². The van der Waals surface area contributed by atoms with Crippen molar-refractivity contribution < 1.29 is 14.3 Å². The van der Waals surface area contributed by atoms with Crippen LogP contribution in [0.15, 0.2) is 0 Å². The number of nitrogens with zero attached hydrogens (tertiary/aromatic N) is 1. The molecule has 108 valence electrons. The Hall–Kier alpha value is -1.30. The van der Waals surface area contributed by atoms with E-state index in [1.54, 1.807) is 11.8 Å².